The highest BCUT2D eigenvalue weighted by molar-refractivity contribution is 5.92. The Labute approximate surface area is 158 Å². The molecule has 2 aromatic rings. The molecule has 26 heavy (non-hydrogen) atoms. The fourth-order valence-electron chi connectivity index (χ4n) is 7.67. The standard InChI is InChI=1S/C26H32/c1-5-13-21-17(9-1)18-10-2-6-14-22(18)26-24-16-8-4-12-20(24)19-11-3-7-15-23(19)25(21)26/h1,5,9,13,19-20,23-24H,2-4,6-8,10-12,14-16H2. The van der Waals surface area contributed by atoms with Crippen LogP contribution in [0.4, 0.5) is 0 Å². The number of fused-ring (bicyclic) bond motifs is 11. The van der Waals surface area contributed by atoms with Gasteiger partial charge in [0.05, 0.1) is 0 Å². The molecule has 2 fully saturated rings. The van der Waals surface area contributed by atoms with Crippen molar-refractivity contribution in [1.82, 2.24) is 0 Å². The van der Waals surface area contributed by atoms with Gasteiger partial charge in [-0.3, -0.25) is 0 Å². The molecule has 0 radical (unpaired) electrons. The summed E-state index contributed by atoms with van der Waals surface area (Å²) in [5, 5.41) is 3.28. The van der Waals surface area contributed by atoms with Crippen molar-refractivity contribution in [3.05, 3.63) is 46.5 Å². The van der Waals surface area contributed by atoms with Crippen LogP contribution >= 0.6 is 0 Å². The number of rotatable bonds is 0. The Bertz CT molecular complexity index is 845. The Morgan fingerprint density at radius 2 is 1.12 bits per heavy atom. The molecule has 4 unspecified atom stereocenters. The summed E-state index contributed by atoms with van der Waals surface area (Å²) in [5.41, 5.74) is 7.36. The molecule has 4 aliphatic rings. The summed E-state index contributed by atoms with van der Waals surface area (Å²) in [6.07, 6.45) is 17.4. The van der Waals surface area contributed by atoms with Gasteiger partial charge in [0, 0.05) is 0 Å². The Kier molecular flexibility index (Phi) is 3.70. The second kappa shape index (κ2) is 6.11. The molecule has 2 aromatic carbocycles. The van der Waals surface area contributed by atoms with Gasteiger partial charge in [0.1, 0.15) is 0 Å². The first kappa shape index (κ1) is 15.7. The molecular weight excluding hydrogens is 312 g/mol. The highest BCUT2D eigenvalue weighted by atomic mass is 14.5. The third-order valence-electron chi connectivity index (χ3n) is 8.56. The number of aryl methyl sites for hydroxylation is 1. The summed E-state index contributed by atoms with van der Waals surface area (Å²) in [7, 11) is 0. The van der Waals surface area contributed by atoms with Gasteiger partial charge in [-0.2, -0.15) is 0 Å². The van der Waals surface area contributed by atoms with E-state index < -0.39 is 0 Å². The molecule has 2 saturated carbocycles. The van der Waals surface area contributed by atoms with Crippen LogP contribution in [0.5, 0.6) is 0 Å². The van der Waals surface area contributed by atoms with Crippen molar-refractivity contribution in [2.45, 2.75) is 88.9 Å². The van der Waals surface area contributed by atoms with E-state index >= 15 is 0 Å². The van der Waals surface area contributed by atoms with Gasteiger partial charge in [0.2, 0.25) is 0 Å². The zero-order valence-corrected chi connectivity index (χ0v) is 16.1. The minimum atomic E-state index is 0.871. The van der Waals surface area contributed by atoms with E-state index in [2.05, 4.69) is 24.3 Å². The van der Waals surface area contributed by atoms with Crippen LogP contribution < -0.4 is 0 Å². The fourth-order valence-corrected chi connectivity index (χ4v) is 7.67. The molecule has 0 heterocycles. The second-order valence-electron chi connectivity index (χ2n) is 9.65. The first-order valence-corrected chi connectivity index (χ1v) is 11.5. The van der Waals surface area contributed by atoms with Crippen molar-refractivity contribution < 1.29 is 0 Å². The molecule has 136 valence electrons. The zero-order valence-electron chi connectivity index (χ0n) is 16.1. The van der Waals surface area contributed by atoms with E-state index in [1.165, 1.54) is 77.0 Å². The minimum absolute atomic E-state index is 0.871. The smallest absolute Gasteiger partial charge is 0.0122 e. The molecule has 0 spiro atoms. The Balaban J connectivity index is 1.69. The van der Waals surface area contributed by atoms with Crippen molar-refractivity contribution in [2.24, 2.45) is 11.8 Å². The third kappa shape index (κ3) is 2.14. The van der Waals surface area contributed by atoms with Crippen LogP contribution in [0.2, 0.25) is 0 Å². The van der Waals surface area contributed by atoms with Crippen LogP contribution in [0.15, 0.2) is 24.3 Å². The van der Waals surface area contributed by atoms with Gasteiger partial charge in [-0.15, -0.1) is 0 Å². The lowest BCUT2D eigenvalue weighted by molar-refractivity contribution is 0.129. The summed E-state index contributed by atoms with van der Waals surface area (Å²) >= 11 is 0. The van der Waals surface area contributed by atoms with Crippen LogP contribution in [-0.2, 0) is 12.8 Å². The van der Waals surface area contributed by atoms with Gasteiger partial charge >= 0.3 is 0 Å². The summed E-state index contributed by atoms with van der Waals surface area (Å²) in [5.74, 6) is 3.77. The molecule has 0 aliphatic heterocycles. The van der Waals surface area contributed by atoms with E-state index in [9.17, 15) is 0 Å². The van der Waals surface area contributed by atoms with E-state index in [1.54, 1.807) is 16.3 Å². The normalized spacial score (nSPS) is 33.1. The molecule has 0 saturated heterocycles. The lowest BCUT2D eigenvalue weighted by Gasteiger charge is -2.50. The van der Waals surface area contributed by atoms with Gasteiger partial charge in [-0.05, 0) is 108 Å². The molecule has 0 bridgehead atoms. The average molecular weight is 345 g/mol. The Morgan fingerprint density at radius 1 is 0.538 bits per heavy atom. The van der Waals surface area contributed by atoms with Gasteiger partial charge in [-0.25, -0.2) is 0 Å². The molecule has 4 aliphatic carbocycles. The van der Waals surface area contributed by atoms with Gasteiger partial charge < -0.3 is 0 Å². The monoisotopic (exact) mass is 344 g/mol. The highest BCUT2D eigenvalue weighted by Gasteiger charge is 2.46. The quantitative estimate of drug-likeness (QED) is 0.471. The van der Waals surface area contributed by atoms with Crippen LogP contribution in [-0.4, -0.2) is 0 Å². The number of hydrogen-bond donors (Lipinski definition) is 0. The Morgan fingerprint density at radius 3 is 1.85 bits per heavy atom. The minimum Gasteiger partial charge on any atom is -0.0616 e. The largest absolute Gasteiger partial charge is 0.0616 e. The fraction of sp³-hybridized carbons (Fsp3) is 0.615. The predicted octanol–water partition coefficient (Wildman–Crippen LogP) is 7.28. The number of benzene rings is 2. The molecule has 0 heteroatoms. The maximum atomic E-state index is 2.48. The van der Waals surface area contributed by atoms with E-state index in [0.717, 1.165) is 23.7 Å². The van der Waals surface area contributed by atoms with Crippen LogP contribution in [0.25, 0.3) is 10.8 Å². The van der Waals surface area contributed by atoms with Crippen LogP contribution in [0, 0.1) is 11.8 Å². The maximum Gasteiger partial charge on any atom is -0.0122 e. The second-order valence-corrected chi connectivity index (χ2v) is 9.65. The van der Waals surface area contributed by atoms with Crippen molar-refractivity contribution in [2.75, 3.05) is 0 Å². The summed E-state index contributed by atoms with van der Waals surface area (Å²) in [4.78, 5) is 0. The number of hydrogen-bond acceptors (Lipinski definition) is 0. The maximum absolute atomic E-state index is 2.48. The van der Waals surface area contributed by atoms with E-state index in [1.807, 2.05) is 16.7 Å². The SMILES string of the molecule is c1ccc2c3c(c4c(c2c1)CCCC4)C1CCCCC1C1CCCCC31. The summed E-state index contributed by atoms with van der Waals surface area (Å²) in [6, 6.07) is 9.53. The molecule has 0 aromatic heterocycles. The molecule has 6 rings (SSSR count). The molecular formula is C26H32. The summed E-state index contributed by atoms with van der Waals surface area (Å²) in [6.45, 7) is 0. The topological polar surface area (TPSA) is 0 Å². The van der Waals surface area contributed by atoms with Crippen molar-refractivity contribution in [1.29, 1.82) is 0 Å². The first-order chi connectivity index (χ1) is 12.9. The van der Waals surface area contributed by atoms with Crippen LogP contribution in [0.1, 0.15) is 98.3 Å². The molecule has 4 atom stereocenters. The molecule has 0 nitrogen and oxygen atoms in total. The van der Waals surface area contributed by atoms with Crippen molar-refractivity contribution in [3.63, 3.8) is 0 Å². The third-order valence-corrected chi connectivity index (χ3v) is 8.56. The van der Waals surface area contributed by atoms with Crippen LogP contribution in [0.3, 0.4) is 0 Å². The average Bonchev–Trinajstić information content (AvgIpc) is 2.73. The highest BCUT2D eigenvalue weighted by Crippen LogP contribution is 2.59. The van der Waals surface area contributed by atoms with Gasteiger partial charge in [0.25, 0.3) is 0 Å². The van der Waals surface area contributed by atoms with Crippen molar-refractivity contribution in [3.8, 4) is 0 Å². The van der Waals surface area contributed by atoms with Gasteiger partial charge in [-0.1, -0.05) is 49.9 Å². The van der Waals surface area contributed by atoms with Gasteiger partial charge in [0.15, 0.2) is 0 Å². The van der Waals surface area contributed by atoms with E-state index in [4.69, 9.17) is 0 Å². The van der Waals surface area contributed by atoms with E-state index in [0.29, 0.717) is 0 Å². The molecule has 0 N–H and O–H groups in total. The summed E-state index contributed by atoms with van der Waals surface area (Å²) < 4.78 is 0. The predicted molar refractivity (Wildman–Crippen MR) is 110 cm³/mol. The Hall–Kier alpha value is -1.30. The van der Waals surface area contributed by atoms with E-state index in [-0.39, 0.29) is 0 Å². The lowest BCUT2D eigenvalue weighted by Crippen LogP contribution is -2.38. The zero-order chi connectivity index (χ0) is 17.1. The lowest BCUT2D eigenvalue weighted by atomic mass is 9.54. The first-order valence-electron chi connectivity index (χ1n) is 11.5. The van der Waals surface area contributed by atoms with Crippen molar-refractivity contribution >= 4 is 10.8 Å². The molecule has 0 amide bonds.